The Kier molecular flexibility index (Phi) is 10.2. The lowest BCUT2D eigenvalue weighted by Gasteiger charge is -2.11. The maximum absolute atomic E-state index is 13.4. The fourth-order valence-electron chi connectivity index (χ4n) is 3.42. The van der Waals surface area contributed by atoms with E-state index in [1.54, 1.807) is 55.8 Å². The van der Waals surface area contributed by atoms with Crippen LogP contribution in [0.25, 0.3) is 0 Å². The van der Waals surface area contributed by atoms with Gasteiger partial charge in [-0.2, -0.15) is 0 Å². The maximum Gasteiger partial charge on any atom is 0.315 e. The lowest BCUT2D eigenvalue weighted by Crippen LogP contribution is -2.36. The predicted octanol–water partition coefficient (Wildman–Crippen LogP) is 4.83. The van der Waals surface area contributed by atoms with Crippen LogP contribution in [0.5, 0.6) is 5.75 Å². The quantitative estimate of drug-likeness (QED) is 0.188. The Morgan fingerprint density at radius 2 is 1.95 bits per heavy atom. The molecule has 0 saturated carbocycles. The number of amides is 2. The molecule has 9 nitrogen and oxygen atoms in total. The first-order chi connectivity index (χ1) is 19.5. The monoisotopic (exact) mass is 560 g/mol. The summed E-state index contributed by atoms with van der Waals surface area (Å²) >= 11 is 6.42. The molecule has 0 unspecified atom stereocenters. The number of anilines is 2. The summed E-state index contributed by atoms with van der Waals surface area (Å²) in [5.41, 5.74) is 3.09. The molecule has 204 valence electrons. The highest BCUT2D eigenvalue weighted by Gasteiger charge is 2.08. The number of aromatic nitrogens is 3. The van der Waals surface area contributed by atoms with E-state index in [0.717, 1.165) is 0 Å². The molecule has 0 spiro atoms. The molecule has 4 aromatic rings. The van der Waals surface area contributed by atoms with E-state index >= 15 is 0 Å². The van der Waals surface area contributed by atoms with Gasteiger partial charge in [0, 0.05) is 25.5 Å². The van der Waals surface area contributed by atoms with E-state index in [1.165, 1.54) is 18.5 Å². The number of urea groups is 1. The average Bonchev–Trinajstić information content (AvgIpc) is 2.96. The van der Waals surface area contributed by atoms with Gasteiger partial charge in [-0.25, -0.2) is 24.1 Å². The fourth-order valence-corrected chi connectivity index (χ4v) is 3.65. The van der Waals surface area contributed by atoms with Crippen LogP contribution in [-0.2, 0) is 17.9 Å². The van der Waals surface area contributed by atoms with Crippen LogP contribution in [0.2, 0.25) is 5.02 Å². The van der Waals surface area contributed by atoms with Gasteiger partial charge in [0.2, 0.25) is 0 Å². The third-order valence-corrected chi connectivity index (χ3v) is 5.64. The number of ether oxygens (including phenoxy) is 2. The van der Waals surface area contributed by atoms with Crippen LogP contribution in [0.3, 0.4) is 0 Å². The van der Waals surface area contributed by atoms with Gasteiger partial charge in [-0.3, -0.25) is 0 Å². The van der Waals surface area contributed by atoms with Crippen molar-refractivity contribution in [1.29, 1.82) is 0 Å². The minimum absolute atomic E-state index is 0.183. The van der Waals surface area contributed by atoms with Crippen molar-refractivity contribution >= 4 is 29.1 Å². The minimum atomic E-state index is -0.325. The van der Waals surface area contributed by atoms with Crippen LogP contribution in [0.4, 0.5) is 20.7 Å². The van der Waals surface area contributed by atoms with Crippen molar-refractivity contribution < 1.29 is 18.7 Å². The van der Waals surface area contributed by atoms with Gasteiger partial charge in [-0.15, -0.1) is 0 Å². The number of nitrogens with zero attached hydrogens (tertiary/aromatic N) is 3. The number of rotatable bonds is 10. The average molecular weight is 561 g/mol. The van der Waals surface area contributed by atoms with Gasteiger partial charge in [-0.05, 0) is 53.9 Å². The lowest BCUT2D eigenvalue weighted by atomic mass is 10.2. The molecule has 0 aliphatic carbocycles. The van der Waals surface area contributed by atoms with Crippen LogP contribution in [0.15, 0.2) is 73.2 Å². The van der Waals surface area contributed by atoms with Gasteiger partial charge in [0.15, 0.2) is 0 Å². The van der Waals surface area contributed by atoms with Crippen LogP contribution in [-0.4, -0.2) is 41.2 Å². The minimum Gasteiger partial charge on any atom is -0.487 e. The van der Waals surface area contributed by atoms with Crippen molar-refractivity contribution in [2.45, 2.75) is 13.2 Å². The summed E-state index contributed by atoms with van der Waals surface area (Å²) < 4.78 is 24.1. The number of hydrogen-bond donors (Lipinski definition) is 3. The second kappa shape index (κ2) is 14.4. The normalized spacial score (nSPS) is 10.3. The van der Waals surface area contributed by atoms with Gasteiger partial charge < -0.3 is 25.4 Å². The number of nitrogens with one attached hydrogen (secondary N) is 3. The van der Waals surface area contributed by atoms with Gasteiger partial charge in [0.25, 0.3) is 0 Å². The highest BCUT2D eigenvalue weighted by molar-refractivity contribution is 6.32. The van der Waals surface area contributed by atoms with Crippen molar-refractivity contribution in [2.75, 3.05) is 25.6 Å². The van der Waals surface area contributed by atoms with Crippen LogP contribution in [0.1, 0.15) is 22.5 Å². The Morgan fingerprint density at radius 3 is 2.77 bits per heavy atom. The summed E-state index contributed by atoms with van der Waals surface area (Å²) in [5.74, 6) is 6.68. The molecule has 0 atom stereocenters. The first-order valence-electron chi connectivity index (χ1n) is 12.2. The Bertz CT molecular complexity index is 1530. The molecule has 2 heterocycles. The van der Waals surface area contributed by atoms with Crippen molar-refractivity contribution in [1.82, 2.24) is 25.6 Å². The largest absolute Gasteiger partial charge is 0.487 e. The Morgan fingerprint density at radius 1 is 1.07 bits per heavy atom. The predicted molar refractivity (Wildman–Crippen MR) is 150 cm³/mol. The van der Waals surface area contributed by atoms with Gasteiger partial charge in [0.05, 0.1) is 29.4 Å². The first-order valence-corrected chi connectivity index (χ1v) is 12.6. The molecule has 0 aliphatic rings. The molecule has 0 radical (unpaired) electrons. The summed E-state index contributed by atoms with van der Waals surface area (Å²) in [4.78, 5) is 24.7. The topological polar surface area (TPSA) is 110 Å². The van der Waals surface area contributed by atoms with Gasteiger partial charge in [-0.1, -0.05) is 35.7 Å². The number of halogens is 2. The highest BCUT2D eigenvalue weighted by atomic mass is 35.5. The zero-order chi connectivity index (χ0) is 28.2. The molecule has 0 bridgehead atoms. The number of benzene rings is 2. The van der Waals surface area contributed by atoms with Crippen LogP contribution < -0.4 is 20.7 Å². The zero-order valence-electron chi connectivity index (χ0n) is 21.6. The summed E-state index contributed by atoms with van der Waals surface area (Å²) in [6.07, 6.45) is 3.00. The molecule has 11 heteroatoms. The molecule has 2 amide bonds. The standard InChI is InChI=1S/C29H26ClFN6O3/c1-39-13-12-33-29(38)34-17-25-7-3-6-23(36-25)9-8-21-16-32-19-35-28(21)37-24-10-11-27(26(30)15-24)40-18-20-4-2-5-22(31)14-20/h2-7,10-11,14-16,19H,12-13,17-18H2,1H3,(H,32,35,37)(H2,33,34,38). The SMILES string of the molecule is COCCNC(=O)NCc1cccc(C#Cc2cncnc2Nc2ccc(OCc3cccc(F)c3)c(Cl)c2)n1. The van der Waals surface area contributed by atoms with Crippen LogP contribution >= 0.6 is 11.6 Å². The van der Waals surface area contributed by atoms with Gasteiger partial charge in [0.1, 0.15) is 36.0 Å². The second-order valence-electron chi connectivity index (χ2n) is 8.34. The zero-order valence-corrected chi connectivity index (χ0v) is 22.3. The summed E-state index contributed by atoms with van der Waals surface area (Å²) in [6, 6.07) is 16.5. The summed E-state index contributed by atoms with van der Waals surface area (Å²) in [5, 5.41) is 9.00. The van der Waals surface area contributed by atoms with E-state index in [0.29, 0.717) is 57.9 Å². The Hall–Kier alpha value is -4.72. The smallest absolute Gasteiger partial charge is 0.315 e. The fraction of sp³-hybridized carbons (Fsp3) is 0.172. The molecular weight excluding hydrogens is 535 g/mol. The van der Waals surface area contributed by atoms with E-state index in [1.807, 2.05) is 6.07 Å². The Balaban J connectivity index is 1.39. The molecule has 0 saturated heterocycles. The molecular formula is C29H26ClFN6O3. The van der Waals surface area contributed by atoms with E-state index in [2.05, 4.69) is 42.7 Å². The van der Waals surface area contributed by atoms with Crippen molar-refractivity contribution in [2.24, 2.45) is 0 Å². The van der Waals surface area contributed by atoms with Crippen molar-refractivity contribution in [3.05, 3.63) is 107 Å². The molecule has 0 aliphatic heterocycles. The number of carbonyl (C=O) groups excluding carboxylic acids is 1. The van der Waals surface area contributed by atoms with E-state index < -0.39 is 0 Å². The lowest BCUT2D eigenvalue weighted by molar-refractivity contribution is 0.196. The molecule has 2 aromatic heterocycles. The van der Waals surface area contributed by atoms with E-state index in [4.69, 9.17) is 21.1 Å². The van der Waals surface area contributed by atoms with Crippen molar-refractivity contribution in [3.63, 3.8) is 0 Å². The Labute approximate surface area is 236 Å². The van der Waals surface area contributed by atoms with Crippen LogP contribution in [0, 0.1) is 17.7 Å². The third kappa shape index (κ3) is 8.66. The number of carbonyl (C=O) groups is 1. The van der Waals surface area contributed by atoms with E-state index in [-0.39, 0.29) is 25.0 Å². The number of pyridine rings is 1. The number of hydrogen-bond acceptors (Lipinski definition) is 7. The van der Waals surface area contributed by atoms with Crippen molar-refractivity contribution in [3.8, 4) is 17.6 Å². The molecule has 3 N–H and O–H groups in total. The second-order valence-corrected chi connectivity index (χ2v) is 8.75. The summed E-state index contributed by atoms with van der Waals surface area (Å²) in [6.45, 7) is 1.28. The first kappa shape index (κ1) is 28.3. The molecule has 4 rings (SSSR count). The third-order valence-electron chi connectivity index (χ3n) is 5.34. The molecule has 0 fully saturated rings. The molecule has 40 heavy (non-hydrogen) atoms. The maximum atomic E-state index is 13.4. The summed E-state index contributed by atoms with van der Waals surface area (Å²) in [7, 11) is 1.57. The number of methoxy groups -OCH3 is 1. The van der Waals surface area contributed by atoms with E-state index in [9.17, 15) is 9.18 Å². The highest BCUT2D eigenvalue weighted by Crippen LogP contribution is 2.30. The van der Waals surface area contributed by atoms with Gasteiger partial charge >= 0.3 is 6.03 Å². The molecule has 2 aromatic carbocycles.